The Morgan fingerprint density at radius 2 is 1.72 bits per heavy atom. The molecule has 3 aromatic rings. The number of allylic oxidation sites excluding steroid dienone is 1. The van der Waals surface area contributed by atoms with Crippen molar-refractivity contribution in [2.24, 2.45) is 5.10 Å². The number of hydrogen-bond donors (Lipinski definition) is 0. The zero-order valence-electron chi connectivity index (χ0n) is 15.8. The molecule has 12 heteroatoms. The average Bonchev–Trinajstić information content (AvgIpc) is 3.17. The Balaban J connectivity index is 1.75. The SMILES string of the molecule is FC(F)c1nnc2n1N=C(c1ccccc1)C(=Cc1cccc(OC(F)(F)C(F)F)c1)S2. The lowest BCUT2D eigenvalue weighted by molar-refractivity contribution is -0.253. The molecule has 5 nitrogen and oxygen atoms in total. The van der Waals surface area contributed by atoms with Gasteiger partial charge in [-0.2, -0.15) is 27.3 Å². The van der Waals surface area contributed by atoms with Crippen molar-refractivity contribution in [1.29, 1.82) is 0 Å². The number of benzene rings is 2. The van der Waals surface area contributed by atoms with Crippen LogP contribution < -0.4 is 4.74 Å². The van der Waals surface area contributed by atoms with Crippen LogP contribution in [0.5, 0.6) is 5.75 Å². The Morgan fingerprint density at radius 1 is 0.969 bits per heavy atom. The fourth-order valence-corrected chi connectivity index (χ4v) is 3.73. The molecule has 0 bridgehead atoms. The second-order valence-electron chi connectivity index (χ2n) is 6.42. The number of halogens is 6. The number of fused-ring (bicyclic) bond motifs is 1. The minimum Gasteiger partial charge on any atom is -0.428 e. The van der Waals surface area contributed by atoms with E-state index in [0.717, 1.165) is 28.6 Å². The summed E-state index contributed by atoms with van der Waals surface area (Å²) in [6.45, 7) is 0. The van der Waals surface area contributed by atoms with Gasteiger partial charge in [-0.15, -0.1) is 10.2 Å². The molecule has 0 saturated carbocycles. The van der Waals surface area contributed by atoms with E-state index in [2.05, 4.69) is 20.0 Å². The van der Waals surface area contributed by atoms with E-state index in [1.165, 1.54) is 18.2 Å². The molecule has 166 valence electrons. The molecule has 0 fully saturated rings. The molecular weight excluding hydrogens is 458 g/mol. The van der Waals surface area contributed by atoms with Crippen LogP contribution in [0.25, 0.3) is 6.08 Å². The van der Waals surface area contributed by atoms with E-state index in [9.17, 15) is 26.3 Å². The maximum Gasteiger partial charge on any atom is 0.461 e. The van der Waals surface area contributed by atoms with Crippen LogP contribution in [0.4, 0.5) is 26.3 Å². The number of rotatable bonds is 6. The Morgan fingerprint density at radius 3 is 2.41 bits per heavy atom. The number of hydrogen-bond acceptors (Lipinski definition) is 5. The summed E-state index contributed by atoms with van der Waals surface area (Å²) in [5, 5.41) is 11.5. The predicted molar refractivity (Wildman–Crippen MR) is 105 cm³/mol. The van der Waals surface area contributed by atoms with Gasteiger partial charge in [0.05, 0.1) is 0 Å². The number of ether oxygens (including phenoxy) is 1. The Labute approximate surface area is 181 Å². The average molecular weight is 470 g/mol. The van der Waals surface area contributed by atoms with E-state index < -0.39 is 30.5 Å². The minimum atomic E-state index is -4.65. The molecule has 1 aliphatic rings. The third kappa shape index (κ3) is 4.49. The Kier molecular flexibility index (Phi) is 5.96. The van der Waals surface area contributed by atoms with Crippen LogP contribution in [0.2, 0.25) is 0 Å². The Bertz CT molecular complexity index is 1180. The maximum atomic E-state index is 13.3. The van der Waals surface area contributed by atoms with Gasteiger partial charge in [-0.25, -0.2) is 8.78 Å². The minimum absolute atomic E-state index is 0.0860. The molecule has 1 aromatic heterocycles. The zero-order chi connectivity index (χ0) is 22.9. The summed E-state index contributed by atoms with van der Waals surface area (Å²) in [5.41, 5.74) is 1.25. The summed E-state index contributed by atoms with van der Waals surface area (Å²) in [6.07, 6.45) is -10.0. The molecule has 0 unspecified atom stereocenters. The second-order valence-corrected chi connectivity index (χ2v) is 7.42. The van der Waals surface area contributed by atoms with Gasteiger partial charge in [0.2, 0.25) is 11.0 Å². The van der Waals surface area contributed by atoms with Crippen molar-refractivity contribution < 1.29 is 31.1 Å². The third-order valence-electron chi connectivity index (χ3n) is 4.18. The molecule has 0 amide bonds. The second kappa shape index (κ2) is 8.69. The van der Waals surface area contributed by atoms with Gasteiger partial charge in [0.1, 0.15) is 11.5 Å². The van der Waals surface area contributed by atoms with Crippen LogP contribution in [0.3, 0.4) is 0 Å². The lowest BCUT2D eigenvalue weighted by Crippen LogP contribution is -2.33. The molecule has 0 N–H and O–H groups in total. The molecule has 0 aliphatic carbocycles. The highest BCUT2D eigenvalue weighted by atomic mass is 32.2. The maximum absolute atomic E-state index is 13.3. The first kappa shape index (κ1) is 21.9. The number of thioether (sulfide) groups is 1. The van der Waals surface area contributed by atoms with Crippen LogP contribution in [-0.2, 0) is 0 Å². The molecule has 2 heterocycles. The van der Waals surface area contributed by atoms with Crippen molar-refractivity contribution >= 4 is 23.5 Å². The summed E-state index contributed by atoms with van der Waals surface area (Å²) < 4.78 is 82.9. The molecule has 2 aromatic carbocycles. The lowest BCUT2D eigenvalue weighted by Gasteiger charge is -2.18. The van der Waals surface area contributed by atoms with Crippen molar-refractivity contribution in [3.63, 3.8) is 0 Å². The number of alkyl halides is 6. The highest BCUT2D eigenvalue weighted by Gasteiger charge is 2.44. The standard InChI is InChI=1S/C20H12F6N4OS/c21-16(22)17-27-28-19-30(17)29-15(12-6-2-1-3-7-12)14(32-19)10-11-5-4-8-13(9-11)31-20(25,26)18(23)24/h1-10,16,18H. The van der Waals surface area contributed by atoms with Crippen LogP contribution in [0.1, 0.15) is 23.4 Å². The summed E-state index contributed by atoms with van der Waals surface area (Å²) >= 11 is 0.994. The van der Waals surface area contributed by atoms with Crippen LogP contribution in [0, 0.1) is 0 Å². The van der Waals surface area contributed by atoms with E-state index >= 15 is 0 Å². The molecule has 0 saturated heterocycles. The van der Waals surface area contributed by atoms with Gasteiger partial charge < -0.3 is 4.74 Å². The van der Waals surface area contributed by atoms with E-state index in [1.807, 2.05) is 0 Å². The molecule has 4 rings (SSSR count). The summed E-state index contributed by atoms with van der Waals surface area (Å²) in [6, 6.07) is 13.8. The quantitative estimate of drug-likeness (QED) is 0.424. The van der Waals surface area contributed by atoms with Crippen LogP contribution in [-0.4, -0.2) is 33.1 Å². The topological polar surface area (TPSA) is 52.3 Å². The molecule has 0 spiro atoms. The molecule has 32 heavy (non-hydrogen) atoms. The largest absolute Gasteiger partial charge is 0.461 e. The van der Waals surface area contributed by atoms with Crippen molar-refractivity contribution in [2.75, 3.05) is 0 Å². The smallest absolute Gasteiger partial charge is 0.428 e. The first-order chi connectivity index (χ1) is 15.2. The van der Waals surface area contributed by atoms with Crippen molar-refractivity contribution in [2.45, 2.75) is 24.1 Å². The van der Waals surface area contributed by atoms with Gasteiger partial charge in [-0.3, -0.25) is 0 Å². The van der Waals surface area contributed by atoms with E-state index in [4.69, 9.17) is 0 Å². The highest BCUT2D eigenvalue weighted by Crippen LogP contribution is 2.37. The van der Waals surface area contributed by atoms with Gasteiger partial charge in [0.25, 0.3) is 6.43 Å². The van der Waals surface area contributed by atoms with E-state index in [-0.39, 0.29) is 5.16 Å². The van der Waals surface area contributed by atoms with Crippen molar-refractivity contribution in [3.05, 3.63) is 76.5 Å². The summed E-state index contributed by atoms with van der Waals surface area (Å²) in [7, 11) is 0. The Hall–Kier alpha value is -3.28. The van der Waals surface area contributed by atoms with E-state index in [0.29, 0.717) is 21.7 Å². The van der Waals surface area contributed by atoms with Crippen molar-refractivity contribution in [1.82, 2.24) is 14.9 Å². The monoisotopic (exact) mass is 470 g/mol. The highest BCUT2D eigenvalue weighted by molar-refractivity contribution is 8.04. The van der Waals surface area contributed by atoms with Gasteiger partial charge in [-0.1, -0.05) is 42.5 Å². The van der Waals surface area contributed by atoms with Gasteiger partial charge in [0.15, 0.2) is 0 Å². The predicted octanol–water partition coefficient (Wildman–Crippen LogP) is 5.85. The lowest BCUT2D eigenvalue weighted by atomic mass is 10.1. The summed E-state index contributed by atoms with van der Waals surface area (Å²) in [5.74, 6) is -1.09. The molecule has 1 aliphatic heterocycles. The first-order valence-electron chi connectivity index (χ1n) is 8.97. The van der Waals surface area contributed by atoms with Gasteiger partial charge in [-0.05, 0) is 35.5 Å². The van der Waals surface area contributed by atoms with Crippen molar-refractivity contribution in [3.8, 4) is 5.75 Å². The first-order valence-corrected chi connectivity index (χ1v) is 9.79. The normalized spacial score (nSPS) is 15.2. The fourth-order valence-electron chi connectivity index (χ4n) is 2.78. The van der Waals surface area contributed by atoms with Crippen LogP contribution >= 0.6 is 11.8 Å². The number of aromatic nitrogens is 3. The fraction of sp³-hybridized carbons (Fsp3) is 0.150. The van der Waals surface area contributed by atoms with Crippen LogP contribution in [0.15, 0.2) is 69.8 Å². The molecule has 0 atom stereocenters. The van der Waals surface area contributed by atoms with E-state index in [1.54, 1.807) is 30.3 Å². The summed E-state index contributed by atoms with van der Waals surface area (Å²) in [4.78, 5) is 0.453. The number of nitrogens with zero attached hydrogens (tertiary/aromatic N) is 4. The zero-order valence-corrected chi connectivity index (χ0v) is 16.6. The molecular formula is C20H12F6N4OS. The van der Waals surface area contributed by atoms with Gasteiger partial charge in [0, 0.05) is 10.5 Å². The third-order valence-corrected chi connectivity index (χ3v) is 5.15. The van der Waals surface area contributed by atoms with Gasteiger partial charge >= 0.3 is 12.5 Å². The molecule has 0 radical (unpaired) electrons.